The fourth-order valence-electron chi connectivity index (χ4n) is 3.97. The molecule has 1 atom stereocenters. The van der Waals surface area contributed by atoms with E-state index < -0.39 is 22.0 Å². The predicted molar refractivity (Wildman–Crippen MR) is 158 cm³/mol. The minimum Gasteiger partial charge on any atom is -0.493 e. The van der Waals surface area contributed by atoms with Gasteiger partial charge in [-0.2, -0.15) is 9.41 Å². The van der Waals surface area contributed by atoms with Crippen LogP contribution >= 0.6 is 50.1 Å². The molecular weight excluding hydrogens is 709 g/mol. The van der Waals surface area contributed by atoms with E-state index in [1.54, 1.807) is 13.2 Å². The van der Waals surface area contributed by atoms with Crippen LogP contribution in [0.4, 0.5) is 0 Å². The molecule has 0 unspecified atom stereocenters. The lowest BCUT2D eigenvalue weighted by atomic mass is 10.2. The van der Waals surface area contributed by atoms with E-state index in [0.717, 1.165) is 13.6 Å². The fraction of sp³-hybridized carbons (Fsp3) is 0.231. The van der Waals surface area contributed by atoms with Gasteiger partial charge in [-0.05, 0) is 95.1 Å². The zero-order valence-corrected chi connectivity index (χ0v) is 25.6. The molecular formula is C26H24BrClIN3O5S. The first kappa shape index (κ1) is 28.8. The number of halogens is 3. The summed E-state index contributed by atoms with van der Waals surface area (Å²) < 4.78 is 40.7. The topological polar surface area (TPSA) is 97.3 Å². The highest BCUT2D eigenvalue weighted by Crippen LogP contribution is 2.34. The lowest BCUT2D eigenvalue weighted by Crippen LogP contribution is -2.44. The molecule has 0 bridgehead atoms. The number of benzene rings is 3. The molecule has 1 amide bonds. The zero-order valence-electron chi connectivity index (χ0n) is 20.2. The third-order valence-corrected chi connectivity index (χ3v) is 9.37. The van der Waals surface area contributed by atoms with Crippen LogP contribution in [0.25, 0.3) is 0 Å². The molecule has 12 heteroatoms. The van der Waals surface area contributed by atoms with Crippen LogP contribution in [-0.4, -0.2) is 44.5 Å². The molecule has 0 spiro atoms. The molecule has 1 saturated heterocycles. The number of ether oxygens (including phenoxy) is 2. The number of hydrogen-bond acceptors (Lipinski definition) is 6. The molecule has 200 valence electrons. The van der Waals surface area contributed by atoms with Crippen molar-refractivity contribution in [3.05, 3.63) is 84.9 Å². The number of rotatable bonds is 9. The number of carbonyl (C=O) groups excluding carboxylic acids is 1. The largest absolute Gasteiger partial charge is 0.493 e. The van der Waals surface area contributed by atoms with Crippen LogP contribution in [0.1, 0.15) is 24.0 Å². The van der Waals surface area contributed by atoms with E-state index in [2.05, 4.69) is 49.0 Å². The summed E-state index contributed by atoms with van der Waals surface area (Å²) in [4.78, 5) is 13.0. The minimum atomic E-state index is -3.85. The van der Waals surface area contributed by atoms with Crippen molar-refractivity contribution in [3.63, 3.8) is 0 Å². The normalized spacial score (nSPS) is 16.1. The first-order valence-electron chi connectivity index (χ1n) is 11.5. The first-order chi connectivity index (χ1) is 18.2. The first-order valence-corrected chi connectivity index (χ1v) is 15.2. The van der Waals surface area contributed by atoms with Crippen LogP contribution in [-0.2, 0) is 21.4 Å². The van der Waals surface area contributed by atoms with E-state index in [4.69, 9.17) is 21.1 Å². The van der Waals surface area contributed by atoms with Crippen molar-refractivity contribution in [2.75, 3.05) is 13.7 Å². The lowest BCUT2D eigenvalue weighted by molar-refractivity contribution is -0.124. The van der Waals surface area contributed by atoms with Gasteiger partial charge in [-0.25, -0.2) is 13.8 Å². The molecule has 0 aliphatic carbocycles. The van der Waals surface area contributed by atoms with E-state index in [-0.39, 0.29) is 11.4 Å². The van der Waals surface area contributed by atoms with E-state index in [9.17, 15) is 13.2 Å². The van der Waals surface area contributed by atoms with Gasteiger partial charge >= 0.3 is 0 Å². The van der Waals surface area contributed by atoms with Gasteiger partial charge in [0, 0.05) is 16.0 Å². The Morgan fingerprint density at radius 3 is 2.61 bits per heavy atom. The van der Waals surface area contributed by atoms with E-state index in [0.29, 0.717) is 41.5 Å². The van der Waals surface area contributed by atoms with E-state index >= 15 is 0 Å². The summed E-state index contributed by atoms with van der Waals surface area (Å²) in [6.45, 7) is 0.629. The van der Waals surface area contributed by atoms with Crippen molar-refractivity contribution in [2.45, 2.75) is 30.4 Å². The van der Waals surface area contributed by atoms with Gasteiger partial charge in [-0.1, -0.05) is 39.7 Å². The molecule has 1 N–H and O–H groups in total. The highest BCUT2D eigenvalue weighted by molar-refractivity contribution is 14.1. The standard InChI is InChI=1S/C26H24BrClIN3O5S/c1-36-24-14-18(13-22(29)25(24)37-16-17-4-6-19(27)7-5-17)15-30-31-26(33)23-3-2-12-32(23)38(34,35)21-10-8-20(28)9-11-21/h4-11,13-15,23H,2-3,12,16H2,1H3,(H,31,33)/b30-15-/t23-/m0/s1. The van der Waals surface area contributed by atoms with Crippen LogP contribution in [0, 0.1) is 3.57 Å². The maximum absolute atomic E-state index is 13.1. The monoisotopic (exact) mass is 731 g/mol. The average molecular weight is 733 g/mol. The number of nitrogens with one attached hydrogen (secondary N) is 1. The van der Waals surface area contributed by atoms with Gasteiger partial charge in [0.05, 0.1) is 21.8 Å². The summed E-state index contributed by atoms with van der Waals surface area (Å²) in [6, 6.07) is 16.5. The third kappa shape index (κ3) is 6.87. The maximum atomic E-state index is 13.1. The van der Waals surface area contributed by atoms with Crippen molar-refractivity contribution < 1.29 is 22.7 Å². The summed E-state index contributed by atoms with van der Waals surface area (Å²) in [5.74, 6) is 0.636. The quantitative estimate of drug-likeness (QED) is 0.176. The average Bonchev–Trinajstić information content (AvgIpc) is 3.40. The van der Waals surface area contributed by atoms with Gasteiger partial charge in [0.2, 0.25) is 10.0 Å². The molecule has 8 nitrogen and oxygen atoms in total. The Bertz CT molecular complexity index is 1440. The van der Waals surface area contributed by atoms with E-state index in [1.807, 2.05) is 30.3 Å². The number of sulfonamides is 1. The van der Waals surface area contributed by atoms with Gasteiger partial charge in [-0.3, -0.25) is 4.79 Å². The fourth-order valence-corrected chi connectivity index (χ4v) is 6.80. The van der Waals surface area contributed by atoms with Crippen LogP contribution in [0.2, 0.25) is 5.02 Å². The highest BCUT2D eigenvalue weighted by Gasteiger charge is 2.39. The summed E-state index contributed by atoms with van der Waals surface area (Å²) in [5.41, 5.74) is 4.18. The van der Waals surface area contributed by atoms with Gasteiger partial charge in [0.25, 0.3) is 5.91 Å². The number of hydrogen-bond donors (Lipinski definition) is 1. The molecule has 38 heavy (non-hydrogen) atoms. The van der Waals surface area contributed by atoms with Crippen LogP contribution in [0.5, 0.6) is 11.5 Å². The summed E-state index contributed by atoms with van der Waals surface area (Å²) in [5, 5.41) is 4.50. The van der Waals surface area contributed by atoms with Gasteiger partial charge < -0.3 is 9.47 Å². The number of hydrazone groups is 1. The Kier molecular flexibility index (Phi) is 9.69. The van der Waals surface area contributed by atoms with Crippen LogP contribution in [0.3, 0.4) is 0 Å². The van der Waals surface area contributed by atoms with Gasteiger partial charge in [0.1, 0.15) is 12.6 Å². The number of methoxy groups -OCH3 is 1. The molecule has 1 aliphatic heterocycles. The van der Waals surface area contributed by atoms with E-state index in [1.165, 1.54) is 34.8 Å². The van der Waals surface area contributed by atoms with Crippen LogP contribution in [0.15, 0.2) is 75.1 Å². The number of nitrogens with zero attached hydrogens (tertiary/aromatic N) is 2. The molecule has 3 aromatic rings. The third-order valence-electron chi connectivity index (χ3n) is 5.86. The Morgan fingerprint density at radius 1 is 1.21 bits per heavy atom. The van der Waals surface area contributed by atoms with Gasteiger partial charge in [-0.15, -0.1) is 0 Å². The number of amides is 1. The maximum Gasteiger partial charge on any atom is 0.258 e. The summed E-state index contributed by atoms with van der Waals surface area (Å²) in [6.07, 6.45) is 2.46. The van der Waals surface area contributed by atoms with Crippen molar-refractivity contribution in [2.24, 2.45) is 5.10 Å². The Hall–Kier alpha value is -2.19. The van der Waals surface area contributed by atoms with Crippen molar-refractivity contribution in [3.8, 4) is 11.5 Å². The second-order valence-corrected chi connectivity index (χ2v) is 12.8. The van der Waals surface area contributed by atoms with Crippen molar-refractivity contribution in [1.29, 1.82) is 0 Å². The molecule has 0 saturated carbocycles. The Morgan fingerprint density at radius 2 is 1.92 bits per heavy atom. The molecule has 4 rings (SSSR count). The Balaban J connectivity index is 1.42. The second kappa shape index (κ2) is 12.8. The molecule has 0 aromatic heterocycles. The molecule has 1 fully saturated rings. The van der Waals surface area contributed by atoms with Gasteiger partial charge in [0.15, 0.2) is 11.5 Å². The summed E-state index contributed by atoms with van der Waals surface area (Å²) >= 11 is 11.5. The lowest BCUT2D eigenvalue weighted by Gasteiger charge is -2.22. The highest BCUT2D eigenvalue weighted by atomic mass is 127. The smallest absolute Gasteiger partial charge is 0.258 e. The van der Waals surface area contributed by atoms with Crippen molar-refractivity contribution >= 4 is 72.3 Å². The zero-order chi connectivity index (χ0) is 27.3. The molecule has 1 heterocycles. The second-order valence-electron chi connectivity index (χ2n) is 8.41. The summed E-state index contributed by atoms with van der Waals surface area (Å²) in [7, 11) is -2.29. The Labute approximate surface area is 248 Å². The van der Waals surface area contributed by atoms with Crippen molar-refractivity contribution in [1.82, 2.24) is 9.73 Å². The molecule has 3 aromatic carbocycles. The molecule has 1 aliphatic rings. The van der Waals surface area contributed by atoms with Crippen LogP contribution < -0.4 is 14.9 Å². The minimum absolute atomic E-state index is 0.0919. The predicted octanol–water partition coefficient (Wildman–Crippen LogP) is 5.60. The molecule has 0 radical (unpaired) electrons. The SMILES string of the molecule is COc1cc(/C=N\NC(=O)[C@@H]2CCCN2S(=O)(=O)c2ccc(Cl)cc2)cc(I)c1OCc1ccc(Br)cc1. The number of carbonyl (C=O) groups is 1.